The molecule has 2 heterocycles. The first kappa shape index (κ1) is 20.6. The first-order valence-electron chi connectivity index (χ1n) is 10.2. The molecule has 0 atom stereocenters. The molecule has 0 spiro atoms. The molecule has 0 radical (unpaired) electrons. The van der Waals surface area contributed by atoms with Crippen LogP contribution in [0.3, 0.4) is 0 Å². The summed E-state index contributed by atoms with van der Waals surface area (Å²) in [5, 5.41) is 12.1. The van der Waals surface area contributed by atoms with E-state index in [9.17, 15) is 4.79 Å². The predicted molar refractivity (Wildman–Crippen MR) is 117 cm³/mol. The van der Waals surface area contributed by atoms with Crippen LogP contribution in [0.4, 0.5) is 0 Å². The van der Waals surface area contributed by atoms with E-state index >= 15 is 0 Å². The minimum Gasteiger partial charge on any atom is -0.340 e. The van der Waals surface area contributed by atoms with Gasteiger partial charge in [0.1, 0.15) is 0 Å². The van der Waals surface area contributed by atoms with Crippen LogP contribution in [-0.4, -0.2) is 67.8 Å². The van der Waals surface area contributed by atoms with Crippen molar-refractivity contribution in [2.24, 2.45) is 7.05 Å². The summed E-state index contributed by atoms with van der Waals surface area (Å²) in [5.41, 5.74) is 2.58. The van der Waals surface area contributed by atoms with Crippen LogP contribution < -0.4 is 0 Å². The highest BCUT2D eigenvalue weighted by atomic mass is 32.2. The van der Waals surface area contributed by atoms with Gasteiger partial charge in [-0.3, -0.25) is 9.69 Å². The topological polar surface area (TPSA) is 67.2 Å². The fourth-order valence-electron chi connectivity index (χ4n) is 3.85. The number of tetrazole rings is 1. The molecular weight excluding hydrogens is 396 g/mol. The minimum absolute atomic E-state index is 0.202. The lowest BCUT2D eigenvalue weighted by Gasteiger charge is -2.39. The lowest BCUT2D eigenvalue weighted by Crippen LogP contribution is -2.49. The Morgan fingerprint density at radius 1 is 0.967 bits per heavy atom. The number of hydrogen-bond acceptors (Lipinski definition) is 6. The molecule has 2 aromatic carbocycles. The zero-order chi connectivity index (χ0) is 20.8. The Labute approximate surface area is 181 Å². The average molecular weight is 423 g/mol. The molecule has 1 aliphatic rings. The first-order chi connectivity index (χ1) is 14.7. The summed E-state index contributed by atoms with van der Waals surface area (Å²) in [5.74, 6) is 0.887. The Morgan fingerprint density at radius 2 is 1.57 bits per heavy atom. The van der Waals surface area contributed by atoms with Gasteiger partial charge in [0, 0.05) is 45.4 Å². The van der Waals surface area contributed by atoms with Gasteiger partial charge in [-0.15, -0.1) is 5.10 Å². The van der Waals surface area contributed by atoms with E-state index in [0.717, 1.165) is 31.3 Å². The number of aromatic nitrogens is 4. The van der Waals surface area contributed by atoms with E-state index in [2.05, 4.69) is 81.1 Å². The summed E-state index contributed by atoms with van der Waals surface area (Å²) in [4.78, 5) is 17.1. The number of nitrogens with zero attached hydrogens (tertiary/aromatic N) is 6. The summed E-state index contributed by atoms with van der Waals surface area (Å²) in [7, 11) is 1.80. The van der Waals surface area contributed by atoms with Gasteiger partial charge < -0.3 is 4.90 Å². The van der Waals surface area contributed by atoms with Crippen LogP contribution in [0.25, 0.3) is 0 Å². The van der Waals surface area contributed by atoms with Crippen LogP contribution in [-0.2, 0) is 11.8 Å². The molecule has 7 nitrogen and oxygen atoms in total. The molecule has 30 heavy (non-hydrogen) atoms. The molecule has 1 aliphatic heterocycles. The Balaban J connectivity index is 1.35. The van der Waals surface area contributed by atoms with E-state index in [1.165, 1.54) is 22.9 Å². The van der Waals surface area contributed by atoms with E-state index in [-0.39, 0.29) is 11.9 Å². The number of rotatable bonds is 7. The second-order valence-corrected chi connectivity index (χ2v) is 8.39. The zero-order valence-corrected chi connectivity index (χ0v) is 17.9. The zero-order valence-electron chi connectivity index (χ0n) is 17.1. The molecule has 8 heteroatoms. The summed E-state index contributed by atoms with van der Waals surface area (Å²) in [6.45, 7) is 3.23. The highest BCUT2D eigenvalue weighted by Gasteiger charge is 2.27. The van der Waals surface area contributed by atoms with Gasteiger partial charge in [0.05, 0.1) is 6.04 Å². The number of hydrogen-bond donors (Lipinski definition) is 0. The molecule has 1 fully saturated rings. The second-order valence-electron chi connectivity index (χ2n) is 7.32. The van der Waals surface area contributed by atoms with Crippen LogP contribution in [0.5, 0.6) is 0 Å². The third-order valence-electron chi connectivity index (χ3n) is 5.39. The molecule has 1 saturated heterocycles. The van der Waals surface area contributed by atoms with Crippen molar-refractivity contribution in [2.45, 2.75) is 17.6 Å². The van der Waals surface area contributed by atoms with Crippen LogP contribution in [0, 0.1) is 0 Å². The predicted octanol–water partition coefficient (Wildman–Crippen LogP) is 2.63. The van der Waals surface area contributed by atoms with Crippen LogP contribution in [0.15, 0.2) is 65.8 Å². The molecule has 0 aliphatic carbocycles. The second kappa shape index (κ2) is 9.86. The molecule has 156 valence electrons. The number of piperazine rings is 1. The van der Waals surface area contributed by atoms with Crippen LogP contribution in [0.1, 0.15) is 23.6 Å². The van der Waals surface area contributed by atoms with Crippen molar-refractivity contribution in [1.29, 1.82) is 0 Å². The number of amides is 1. The fourth-order valence-corrected chi connectivity index (χ4v) is 4.62. The Kier molecular flexibility index (Phi) is 6.76. The maximum absolute atomic E-state index is 12.7. The smallest absolute Gasteiger partial charge is 0.223 e. The molecule has 1 amide bonds. The Hall–Kier alpha value is -2.71. The largest absolute Gasteiger partial charge is 0.340 e. The molecular formula is C22H26N6OS. The van der Waals surface area contributed by atoms with Crippen molar-refractivity contribution >= 4 is 17.7 Å². The monoisotopic (exact) mass is 422 g/mol. The maximum Gasteiger partial charge on any atom is 0.223 e. The highest BCUT2D eigenvalue weighted by molar-refractivity contribution is 7.99. The number of carbonyl (C=O) groups excluding carboxylic acids is 1. The summed E-state index contributed by atoms with van der Waals surface area (Å²) >= 11 is 1.51. The number of benzene rings is 2. The molecule has 0 saturated carbocycles. The van der Waals surface area contributed by atoms with Gasteiger partial charge in [-0.2, -0.15) is 0 Å². The van der Waals surface area contributed by atoms with Gasteiger partial charge in [-0.1, -0.05) is 72.4 Å². The van der Waals surface area contributed by atoms with Gasteiger partial charge >= 0.3 is 0 Å². The number of thioether (sulfide) groups is 1. The molecule has 0 bridgehead atoms. The van der Waals surface area contributed by atoms with Crippen molar-refractivity contribution in [3.63, 3.8) is 0 Å². The molecule has 0 unspecified atom stereocenters. The van der Waals surface area contributed by atoms with E-state index in [1.54, 1.807) is 11.7 Å². The number of aryl methyl sites for hydroxylation is 1. The third kappa shape index (κ3) is 4.88. The molecule has 0 N–H and O–H groups in total. The Morgan fingerprint density at radius 3 is 2.10 bits per heavy atom. The van der Waals surface area contributed by atoms with Gasteiger partial charge in [0.15, 0.2) is 0 Å². The maximum atomic E-state index is 12.7. The fraction of sp³-hybridized carbons (Fsp3) is 0.364. The van der Waals surface area contributed by atoms with Crippen LogP contribution >= 0.6 is 11.8 Å². The van der Waals surface area contributed by atoms with E-state index in [1.807, 2.05) is 4.90 Å². The summed E-state index contributed by atoms with van der Waals surface area (Å²) in [6, 6.07) is 21.4. The first-order valence-corrected chi connectivity index (χ1v) is 11.2. The summed E-state index contributed by atoms with van der Waals surface area (Å²) in [6.07, 6.45) is 0.498. The third-order valence-corrected chi connectivity index (χ3v) is 6.40. The molecule has 3 aromatic rings. The quantitative estimate of drug-likeness (QED) is 0.546. The van der Waals surface area contributed by atoms with Crippen molar-refractivity contribution in [1.82, 2.24) is 30.0 Å². The minimum atomic E-state index is 0.202. The normalized spacial score (nSPS) is 14.9. The van der Waals surface area contributed by atoms with E-state index in [4.69, 9.17) is 0 Å². The lowest BCUT2D eigenvalue weighted by atomic mass is 9.96. The summed E-state index contributed by atoms with van der Waals surface area (Å²) < 4.78 is 1.63. The molecule has 1 aromatic heterocycles. The van der Waals surface area contributed by atoms with Crippen molar-refractivity contribution in [3.8, 4) is 0 Å². The van der Waals surface area contributed by atoms with Crippen molar-refractivity contribution in [3.05, 3.63) is 71.8 Å². The van der Waals surface area contributed by atoms with Gasteiger partial charge in [0.2, 0.25) is 11.1 Å². The standard InChI is InChI=1S/C22H26N6OS/c1-26-22(23-24-25-26)30-17-12-20(29)27-13-15-28(16-14-27)21(18-8-4-2-5-9-18)19-10-6-3-7-11-19/h2-11,21H,12-17H2,1H3. The lowest BCUT2D eigenvalue weighted by molar-refractivity contribution is -0.132. The van der Waals surface area contributed by atoms with E-state index < -0.39 is 0 Å². The van der Waals surface area contributed by atoms with Crippen molar-refractivity contribution in [2.75, 3.05) is 31.9 Å². The van der Waals surface area contributed by atoms with Gasteiger partial charge in [-0.25, -0.2) is 4.68 Å². The average Bonchev–Trinajstić information content (AvgIpc) is 3.20. The van der Waals surface area contributed by atoms with Gasteiger partial charge in [-0.05, 0) is 21.6 Å². The highest BCUT2D eigenvalue weighted by Crippen LogP contribution is 2.29. The van der Waals surface area contributed by atoms with Crippen LogP contribution in [0.2, 0.25) is 0 Å². The molecule has 4 rings (SSSR count). The SMILES string of the molecule is Cn1nnnc1SCCC(=O)N1CCN(C(c2ccccc2)c2ccccc2)CC1. The van der Waals surface area contributed by atoms with E-state index in [0.29, 0.717) is 12.2 Å². The number of carbonyl (C=O) groups is 1. The Bertz CT molecular complexity index is 901. The van der Waals surface area contributed by atoms with Gasteiger partial charge in [0.25, 0.3) is 0 Å². The van der Waals surface area contributed by atoms with Crippen molar-refractivity contribution < 1.29 is 4.79 Å².